The van der Waals surface area contributed by atoms with Crippen molar-refractivity contribution in [1.82, 2.24) is 0 Å². The van der Waals surface area contributed by atoms with Crippen molar-refractivity contribution in [3.05, 3.63) is 71.6 Å². The van der Waals surface area contributed by atoms with Gasteiger partial charge in [0, 0.05) is 6.08 Å². The molecule has 0 aliphatic rings. The second kappa shape index (κ2) is 6.84. The van der Waals surface area contributed by atoms with E-state index in [2.05, 4.69) is 13.8 Å². The number of halogens is 1. The number of esters is 1. The van der Waals surface area contributed by atoms with Gasteiger partial charge in [-0.2, -0.15) is 0 Å². The molecular formula is C18H17FO2. The maximum Gasteiger partial charge on any atom is 0.336 e. The molecule has 3 heteroatoms. The van der Waals surface area contributed by atoms with E-state index in [1.54, 1.807) is 6.08 Å². The van der Waals surface area contributed by atoms with E-state index < -0.39 is 5.97 Å². The van der Waals surface area contributed by atoms with Crippen molar-refractivity contribution < 1.29 is 13.9 Å². The van der Waals surface area contributed by atoms with Crippen LogP contribution in [0.1, 0.15) is 30.9 Å². The standard InChI is InChI=1S/C18H17FO2/c1-13(2)15-6-3-14(4-7-15)5-12-18(20)21-17-10-8-16(19)9-11-17/h3-13H,1-2H3/b12-5+. The van der Waals surface area contributed by atoms with E-state index in [-0.39, 0.29) is 5.82 Å². The van der Waals surface area contributed by atoms with Gasteiger partial charge >= 0.3 is 5.97 Å². The summed E-state index contributed by atoms with van der Waals surface area (Å²) in [5, 5.41) is 0. The lowest BCUT2D eigenvalue weighted by Crippen LogP contribution is -2.03. The van der Waals surface area contributed by atoms with Crippen LogP contribution in [0.2, 0.25) is 0 Å². The van der Waals surface area contributed by atoms with E-state index in [1.165, 1.54) is 35.9 Å². The molecule has 2 aromatic rings. The third-order valence-electron chi connectivity index (χ3n) is 3.05. The largest absolute Gasteiger partial charge is 0.423 e. The van der Waals surface area contributed by atoms with Crippen LogP contribution in [0.25, 0.3) is 6.08 Å². The summed E-state index contributed by atoms with van der Waals surface area (Å²) in [7, 11) is 0. The predicted octanol–water partition coefficient (Wildman–Crippen LogP) is 4.57. The van der Waals surface area contributed by atoms with Gasteiger partial charge in [0.05, 0.1) is 0 Å². The molecule has 0 amide bonds. The molecule has 0 radical (unpaired) electrons. The maximum atomic E-state index is 12.7. The predicted molar refractivity (Wildman–Crippen MR) is 81.6 cm³/mol. The smallest absolute Gasteiger partial charge is 0.336 e. The van der Waals surface area contributed by atoms with E-state index in [4.69, 9.17) is 4.74 Å². The first-order chi connectivity index (χ1) is 10.0. The summed E-state index contributed by atoms with van der Waals surface area (Å²) in [6.07, 6.45) is 3.05. The van der Waals surface area contributed by atoms with Gasteiger partial charge in [-0.1, -0.05) is 38.1 Å². The SMILES string of the molecule is CC(C)c1ccc(/C=C/C(=O)Oc2ccc(F)cc2)cc1. The molecule has 2 nitrogen and oxygen atoms in total. The summed E-state index contributed by atoms with van der Waals surface area (Å²) in [5.74, 6) is -0.0576. The van der Waals surface area contributed by atoms with E-state index in [1.807, 2.05) is 24.3 Å². The third kappa shape index (κ3) is 4.56. The zero-order valence-electron chi connectivity index (χ0n) is 12.0. The lowest BCUT2D eigenvalue weighted by Gasteiger charge is -2.04. The molecule has 0 spiro atoms. The van der Waals surface area contributed by atoms with Crippen LogP contribution in [-0.4, -0.2) is 5.97 Å². The minimum atomic E-state index is -0.491. The number of hydrogen-bond acceptors (Lipinski definition) is 2. The molecule has 108 valence electrons. The highest BCUT2D eigenvalue weighted by Gasteiger charge is 2.01. The Balaban J connectivity index is 1.96. The van der Waals surface area contributed by atoms with E-state index >= 15 is 0 Å². The van der Waals surface area contributed by atoms with E-state index in [0.717, 1.165) is 5.56 Å². The highest BCUT2D eigenvalue weighted by molar-refractivity contribution is 5.88. The highest BCUT2D eigenvalue weighted by atomic mass is 19.1. The molecule has 0 bridgehead atoms. The summed E-state index contributed by atoms with van der Waals surface area (Å²) >= 11 is 0. The molecule has 0 aliphatic heterocycles. The summed E-state index contributed by atoms with van der Waals surface area (Å²) in [6.45, 7) is 4.26. The molecule has 0 unspecified atom stereocenters. The Morgan fingerprint density at radius 2 is 1.67 bits per heavy atom. The third-order valence-corrected chi connectivity index (χ3v) is 3.05. The Bertz CT molecular complexity index is 625. The number of carbonyl (C=O) groups is 1. The first-order valence-corrected chi connectivity index (χ1v) is 6.80. The van der Waals surface area contributed by atoms with E-state index in [0.29, 0.717) is 11.7 Å². The molecule has 0 fully saturated rings. The zero-order valence-corrected chi connectivity index (χ0v) is 12.0. The quantitative estimate of drug-likeness (QED) is 0.467. The zero-order chi connectivity index (χ0) is 15.2. The molecule has 0 N–H and O–H groups in total. The average molecular weight is 284 g/mol. The van der Waals surface area contributed by atoms with Crippen molar-refractivity contribution in [2.24, 2.45) is 0 Å². The molecule has 0 heterocycles. The van der Waals surface area contributed by atoms with Crippen LogP contribution >= 0.6 is 0 Å². The van der Waals surface area contributed by atoms with Crippen molar-refractivity contribution in [3.63, 3.8) is 0 Å². The fourth-order valence-corrected chi connectivity index (χ4v) is 1.81. The van der Waals surface area contributed by atoms with Crippen LogP contribution in [0.3, 0.4) is 0 Å². The van der Waals surface area contributed by atoms with Crippen LogP contribution in [0.15, 0.2) is 54.6 Å². The van der Waals surface area contributed by atoms with Gasteiger partial charge in [0.25, 0.3) is 0 Å². The summed E-state index contributed by atoms with van der Waals surface area (Å²) in [4.78, 5) is 11.6. The first-order valence-electron chi connectivity index (χ1n) is 6.80. The van der Waals surface area contributed by atoms with Crippen molar-refractivity contribution in [2.75, 3.05) is 0 Å². The summed E-state index contributed by atoms with van der Waals surface area (Å²) in [5.41, 5.74) is 2.18. The van der Waals surface area contributed by atoms with Crippen LogP contribution in [0, 0.1) is 5.82 Å². The van der Waals surface area contributed by atoms with Gasteiger partial charge in [-0.15, -0.1) is 0 Å². The minimum Gasteiger partial charge on any atom is -0.423 e. The lowest BCUT2D eigenvalue weighted by atomic mass is 10.0. The van der Waals surface area contributed by atoms with Gasteiger partial charge in [-0.05, 0) is 47.4 Å². The van der Waals surface area contributed by atoms with Crippen molar-refractivity contribution in [1.29, 1.82) is 0 Å². The van der Waals surface area contributed by atoms with Crippen LogP contribution < -0.4 is 4.74 Å². The second-order valence-corrected chi connectivity index (χ2v) is 5.03. The van der Waals surface area contributed by atoms with Gasteiger partial charge in [0.15, 0.2) is 0 Å². The molecule has 0 atom stereocenters. The number of hydrogen-bond donors (Lipinski definition) is 0. The van der Waals surface area contributed by atoms with Crippen molar-refractivity contribution in [3.8, 4) is 5.75 Å². The number of benzene rings is 2. The molecule has 0 saturated carbocycles. The molecule has 0 saturated heterocycles. The Labute approximate surface area is 123 Å². The molecule has 21 heavy (non-hydrogen) atoms. The van der Waals surface area contributed by atoms with Crippen LogP contribution in [-0.2, 0) is 4.79 Å². The molecule has 0 aromatic heterocycles. The topological polar surface area (TPSA) is 26.3 Å². The van der Waals surface area contributed by atoms with Gasteiger partial charge in [-0.25, -0.2) is 9.18 Å². The first kappa shape index (κ1) is 15.0. The second-order valence-electron chi connectivity index (χ2n) is 5.03. The number of rotatable bonds is 4. The van der Waals surface area contributed by atoms with Gasteiger partial charge < -0.3 is 4.74 Å². The Kier molecular flexibility index (Phi) is 4.88. The molecular weight excluding hydrogens is 267 g/mol. The monoisotopic (exact) mass is 284 g/mol. The average Bonchev–Trinajstić information content (AvgIpc) is 2.48. The maximum absolute atomic E-state index is 12.7. The van der Waals surface area contributed by atoms with Gasteiger partial charge in [0.1, 0.15) is 11.6 Å². The highest BCUT2D eigenvalue weighted by Crippen LogP contribution is 2.15. The Morgan fingerprint density at radius 1 is 1.05 bits per heavy atom. The Hall–Kier alpha value is -2.42. The molecule has 2 rings (SSSR count). The Morgan fingerprint density at radius 3 is 2.24 bits per heavy atom. The number of ether oxygens (including phenoxy) is 1. The fraction of sp³-hybridized carbons (Fsp3) is 0.167. The minimum absolute atomic E-state index is 0.321. The molecule has 0 aliphatic carbocycles. The van der Waals surface area contributed by atoms with E-state index in [9.17, 15) is 9.18 Å². The van der Waals surface area contributed by atoms with Gasteiger partial charge in [-0.3, -0.25) is 0 Å². The lowest BCUT2D eigenvalue weighted by molar-refractivity contribution is -0.128. The van der Waals surface area contributed by atoms with Crippen molar-refractivity contribution >= 4 is 12.0 Å². The number of carbonyl (C=O) groups excluding carboxylic acids is 1. The van der Waals surface area contributed by atoms with Crippen molar-refractivity contribution in [2.45, 2.75) is 19.8 Å². The summed E-state index contributed by atoms with van der Waals surface area (Å²) in [6, 6.07) is 13.3. The van der Waals surface area contributed by atoms with Crippen LogP contribution in [0.5, 0.6) is 5.75 Å². The van der Waals surface area contributed by atoms with Gasteiger partial charge in [0.2, 0.25) is 0 Å². The van der Waals surface area contributed by atoms with Crippen LogP contribution in [0.4, 0.5) is 4.39 Å². The fourth-order valence-electron chi connectivity index (χ4n) is 1.81. The normalized spacial score (nSPS) is 11.0. The molecule has 2 aromatic carbocycles. The summed E-state index contributed by atoms with van der Waals surface area (Å²) < 4.78 is 17.8.